The third kappa shape index (κ3) is 1.85. The molecule has 1 nitrogen and oxygen atoms in total. The first-order chi connectivity index (χ1) is 7.50. The molecule has 0 atom stereocenters. The highest BCUT2D eigenvalue weighted by atomic mass is 35.5. The van der Waals surface area contributed by atoms with E-state index in [1.807, 2.05) is 0 Å². The number of aryl methyl sites for hydroxylation is 1. The van der Waals surface area contributed by atoms with Crippen LogP contribution in [0.5, 0.6) is 0 Å². The minimum atomic E-state index is -2.64. The number of aromatic nitrogens is 1. The summed E-state index contributed by atoms with van der Waals surface area (Å²) < 4.78 is 25.1. The summed E-state index contributed by atoms with van der Waals surface area (Å²) in [6, 6.07) is 4.55. The van der Waals surface area contributed by atoms with Crippen LogP contribution < -0.4 is 0 Å². The van der Waals surface area contributed by atoms with Gasteiger partial charge in [-0.25, -0.2) is 13.8 Å². The first kappa shape index (κ1) is 11.6. The molecule has 1 aromatic heterocycles. The Morgan fingerprint density at radius 1 is 1.19 bits per heavy atom. The molecule has 1 heterocycles. The number of halogens is 4. The van der Waals surface area contributed by atoms with E-state index in [-0.39, 0.29) is 10.7 Å². The number of alkyl halides is 2. The Labute approximate surface area is 101 Å². The molecule has 2 rings (SSSR count). The van der Waals surface area contributed by atoms with Crippen LogP contribution in [0.1, 0.15) is 17.7 Å². The summed E-state index contributed by atoms with van der Waals surface area (Å²) in [5, 5.41) is 1.14. The number of benzene rings is 1. The number of rotatable bonds is 1. The van der Waals surface area contributed by atoms with Crippen LogP contribution in [0, 0.1) is 6.92 Å². The molecule has 0 spiro atoms. The topological polar surface area (TPSA) is 12.9 Å². The summed E-state index contributed by atoms with van der Waals surface area (Å²) in [7, 11) is 0. The Hall–Kier alpha value is -0.930. The standard InChI is InChI=1S/C11H7Cl2F2N/c1-5-2-3-6(12)9-7(13)4-8(11(14)15)16-10(5)9/h2-4,11H,1H3. The van der Waals surface area contributed by atoms with E-state index in [2.05, 4.69) is 4.98 Å². The average Bonchev–Trinajstić information content (AvgIpc) is 2.22. The number of hydrogen-bond donors (Lipinski definition) is 0. The van der Waals surface area contributed by atoms with E-state index in [0.717, 1.165) is 11.6 Å². The van der Waals surface area contributed by atoms with Crippen molar-refractivity contribution in [2.75, 3.05) is 0 Å². The van der Waals surface area contributed by atoms with E-state index in [9.17, 15) is 8.78 Å². The fraction of sp³-hybridized carbons (Fsp3) is 0.182. The largest absolute Gasteiger partial charge is 0.280 e. The molecule has 0 unspecified atom stereocenters. The predicted octanol–water partition coefficient (Wildman–Crippen LogP) is 4.79. The lowest BCUT2D eigenvalue weighted by atomic mass is 10.1. The third-order valence-electron chi connectivity index (χ3n) is 2.31. The highest BCUT2D eigenvalue weighted by Crippen LogP contribution is 2.33. The van der Waals surface area contributed by atoms with E-state index in [1.54, 1.807) is 19.1 Å². The first-order valence-electron chi connectivity index (χ1n) is 4.54. The smallest absolute Gasteiger partial charge is 0.246 e. The summed E-state index contributed by atoms with van der Waals surface area (Å²) in [6.45, 7) is 1.78. The van der Waals surface area contributed by atoms with Gasteiger partial charge < -0.3 is 0 Å². The van der Waals surface area contributed by atoms with Gasteiger partial charge in [-0.1, -0.05) is 29.3 Å². The maximum Gasteiger partial charge on any atom is 0.280 e. The van der Waals surface area contributed by atoms with Crippen LogP contribution in [0.3, 0.4) is 0 Å². The van der Waals surface area contributed by atoms with Crippen molar-refractivity contribution in [3.8, 4) is 0 Å². The molecule has 0 aliphatic rings. The Morgan fingerprint density at radius 2 is 1.88 bits per heavy atom. The average molecular weight is 262 g/mol. The van der Waals surface area contributed by atoms with Gasteiger partial charge in [-0.05, 0) is 24.6 Å². The van der Waals surface area contributed by atoms with Crippen LogP contribution in [-0.2, 0) is 0 Å². The summed E-state index contributed by atoms with van der Waals surface area (Å²) in [4.78, 5) is 3.88. The van der Waals surface area contributed by atoms with E-state index < -0.39 is 6.43 Å². The SMILES string of the molecule is Cc1ccc(Cl)c2c(Cl)cc(C(F)F)nc12. The van der Waals surface area contributed by atoms with E-state index >= 15 is 0 Å². The lowest BCUT2D eigenvalue weighted by Crippen LogP contribution is -1.93. The van der Waals surface area contributed by atoms with Crippen LogP contribution in [-0.4, -0.2) is 4.98 Å². The molecule has 0 radical (unpaired) electrons. The molecule has 0 N–H and O–H groups in total. The molecular formula is C11H7Cl2F2N. The zero-order chi connectivity index (χ0) is 11.9. The highest BCUT2D eigenvalue weighted by Gasteiger charge is 2.15. The van der Waals surface area contributed by atoms with Gasteiger partial charge in [0, 0.05) is 5.39 Å². The van der Waals surface area contributed by atoms with Gasteiger partial charge in [-0.2, -0.15) is 0 Å². The van der Waals surface area contributed by atoms with Gasteiger partial charge in [0.2, 0.25) is 0 Å². The number of nitrogens with zero attached hydrogens (tertiary/aromatic N) is 1. The van der Waals surface area contributed by atoms with Gasteiger partial charge in [-0.15, -0.1) is 0 Å². The molecule has 84 valence electrons. The second-order valence-electron chi connectivity index (χ2n) is 3.42. The van der Waals surface area contributed by atoms with Crippen LogP contribution in [0.2, 0.25) is 10.0 Å². The molecule has 5 heteroatoms. The predicted molar refractivity (Wildman–Crippen MR) is 61.5 cm³/mol. The van der Waals surface area contributed by atoms with Gasteiger partial charge in [0.05, 0.1) is 15.6 Å². The van der Waals surface area contributed by atoms with Gasteiger partial charge in [-0.3, -0.25) is 0 Å². The molecule has 16 heavy (non-hydrogen) atoms. The molecule has 0 bridgehead atoms. The molecule has 0 saturated carbocycles. The van der Waals surface area contributed by atoms with Crippen molar-refractivity contribution >= 4 is 34.1 Å². The quantitative estimate of drug-likeness (QED) is 0.720. The summed E-state index contributed by atoms with van der Waals surface area (Å²) >= 11 is 11.9. The van der Waals surface area contributed by atoms with Crippen LogP contribution >= 0.6 is 23.2 Å². The minimum absolute atomic E-state index is 0.203. The van der Waals surface area contributed by atoms with Crippen molar-refractivity contribution in [3.63, 3.8) is 0 Å². The number of pyridine rings is 1. The lowest BCUT2D eigenvalue weighted by molar-refractivity contribution is 0.146. The van der Waals surface area contributed by atoms with Gasteiger partial charge in [0.1, 0.15) is 5.69 Å². The van der Waals surface area contributed by atoms with E-state index in [0.29, 0.717) is 15.9 Å². The van der Waals surface area contributed by atoms with Crippen LogP contribution in [0.25, 0.3) is 10.9 Å². The second-order valence-corrected chi connectivity index (χ2v) is 4.23. The maximum absolute atomic E-state index is 12.6. The minimum Gasteiger partial charge on any atom is -0.246 e. The molecule has 0 aliphatic heterocycles. The van der Waals surface area contributed by atoms with Gasteiger partial charge >= 0.3 is 0 Å². The van der Waals surface area contributed by atoms with Crippen molar-refractivity contribution < 1.29 is 8.78 Å². The van der Waals surface area contributed by atoms with Crippen molar-refractivity contribution in [1.29, 1.82) is 0 Å². The summed E-state index contributed by atoms with van der Waals surface area (Å²) in [6.07, 6.45) is -2.64. The van der Waals surface area contributed by atoms with Crippen molar-refractivity contribution in [1.82, 2.24) is 4.98 Å². The lowest BCUT2D eigenvalue weighted by Gasteiger charge is -2.08. The molecular weight excluding hydrogens is 255 g/mol. The maximum atomic E-state index is 12.6. The molecule has 0 saturated heterocycles. The number of hydrogen-bond acceptors (Lipinski definition) is 1. The fourth-order valence-corrected chi connectivity index (χ4v) is 2.12. The van der Waals surface area contributed by atoms with Crippen LogP contribution in [0.15, 0.2) is 18.2 Å². The molecule has 0 amide bonds. The summed E-state index contributed by atoms with van der Waals surface area (Å²) in [5.41, 5.74) is 0.863. The Kier molecular flexibility index (Phi) is 3.00. The highest BCUT2D eigenvalue weighted by molar-refractivity contribution is 6.42. The van der Waals surface area contributed by atoms with Crippen molar-refractivity contribution in [3.05, 3.63) is 39.5 Å². The Bertz CT molecular complexity index is 555. The molecule has 0 aliphatic carbocycles. The Balaban J connectivity index is 2.86. The molecule has 0 fully saturated rings. The van der Waals surface area contributed by atoms with Gasteiger partial charge in [0.25, 0.3) is 6.43 Å². The third-order valence-corrected chi connectivity index (χ3v) is 2.92. The number of fused-ring (bicyclic) bond motifs is 1. The zero-order valence-corrected chi connectivity index (χ0v) is 9.78. The van der Waals surface area contributed by atoms with E-state index in [1.165, 1.54) is 0 Å². The molecule has 2 aromatic rings. The Morgan fingerprint density at radius 3 is 2.50 bits per heavy atom. The normalized spacial score (nSPS) is 11.4. The van der Waals surface area contributed by atoms with Crippen molar-refractivity contribution in [2.45, 2.75) is 13.3 Å². The van der Waals surface area contributed by atoms with Crippen LogP contribution in [0.4, 0.5) is 8.78 Å². The fourth-order valence-electron chi connectivity index (χ4n) is 1.52. The molecule has 1 aromatic carbocycles. The monoisotopic (exact) mass is 261 g/mol. The summed E-state index contributed by atoms with van der Waals surface area (Å²) in [5.74, 6) is 0. The zero-order valence-electron chi connectivity index (χ0n) is 8.27. The second kappa shape index (κ2) is 4.15. The van der Waals surface area contributed by atoms with Crippen molar-refractivity contribution in [2.24, 2.45) is 0 Å². The van der Waals surface area contributed by atoms with E-state index in [4.69, 9.17) is 23.2 Å². The first-order valence-corrected chi connectivity index (χ1v) is 5.29. The van der Waals surface area contributed by atoms with Gasteiger partial charge in [0.15, 0.2) is 0 Å².